The molecule has 0 aliphatic carbocycles. The number of rotatable bonds is 4. The highest BCUT2D eigenvalue weighted by atomic mass is 35.5. The van der Waals surface area contributed by atoms with Crippen LogP contribution in [0.4, 0.5) is 0 Å². The van der Waals surface area contributed by atoms with Crippen molar-refractivity contribution in [3.8, 4) is 5.75 Å². The van der Waals surface area contributed by atoms with Gasteiger partial charge in [-0.1, -0.05) is 11.6 Å². The molecular weight excluding hydrogens is 288 g/mol. The molecule has 1 saturated heterocycles. The molecule has 1 aromatic rings. The summed E-state index contributed by atoms with van der Waals surface area (Å²) in [7, 11) is 1.78. The summed E-state index contributed by atoms with van der Waals surface area (Å²) < 4.78 is 11.3. The van der Waals surface area contributed by atoms with E-state index in [4.69, 9.17) is 26.8 Å². The SMILES string of the molecule is COC1CCN(Cc2cc(Cl)cc3c2OCC3)C(CN)C1. The van der Waals surface area contributed by atoms with Crippen molar-refractivity contribution in [3.63, 3.8) is 0 Å². The Morgan fingerprint density at radius 1 is 1.48 bits per heavy atom. The van der Waals surface area contributed by atoms with E-state index in [1.54, 1.807) is 7.11 Å². The van der Waals surface area contributed by atoms with E-state index >= 15 is 0 Å². The minimum absolute atomic E-state index is 0.330. The number of nitrogens with zero attached hydrogens (tertiary/aromatic N) is 1. The standard InChI is InChI=1S/C16H23ClN2O2/c1-20-15-2-4-19(14(8-15)9-18)10-12-7-13(17)6-11-3-5-21-16(11)12/h6-7,14-15H,2-5,8-10,18H2,1H3. The van der Waals surface area contributed by atoms with Gasteiger partial charge in [0.05, 0.1) is 12.7 Å². The second kappa shape index (κ2) is 6.53. The fourth-order valence-electron chi connectivity index (χ4n) is 3.41. The Labute approximate surface area is 131 Å². The van der Waals surface area contributed by atoms with Crippen molar-refractivity contribution in [2.45, 2.75) is 38.0 Å². The van der Waals surface area contributed by atoms with E-state index in [1.165, 1.54) is 11.1 Å². The monoisotopic (exact) mass is 310 g/mol. The van der Waals surface area contributed by atoms with Crippen LogP contribution in [-0.2, 0) is 17.7 Å². The molecule has 0 saturated carbocycles. The van der Waals surface area contributed by atoms with Gasteiger partial charge in [0.25, 0.3) is 0 Å². The first-order valence-corrected chi connectivity index (χ1v) is 8.00. The fraction of sp³-hybridized carbons (Fsp3) is 0.625. The number of halogens is 1. The van der Waals surface area contributed by atoms with Crippen LogP contribution in [0.3, 0.4) is 0 Å². The maximum atomic E-state index is 6.24. The lowest BCUT2D eigenvalue weighted by Gasteiger charge is -2.38. The number of hydrogen-bond acceptors (Lipinski definition) is 4. The molecule has 2 atom stereocenters. The maximum absolute atomic E-state index is 6.24. The molecule has 2 unspecified atom stereocenters. The van der Waals surface area contributed by atoms with E-state index in [0.717, 1.165) is 49.7 Å². The van der Waals surface area contributed by atoms with E-state index in [0.29, 0.717) is 18.7 Å². The van der Waals surface area contributed by atoms with Gasteiger partial charge in [-0.2, -0.15) is 0 Å². The molecule has 0 bridgehead atoms. The summed E-state index contributed by atoms with van der Waals surface area (Å²) in [4.78, 5) is 2.43. The van der Waals surface area contributed by atoms with Gasteiger partial charge < -0.3 is 15.2 Å². The van der Waals surface area contributed by atoms with Gasteiger partial charge in [0, 0.05) is 49.8 Å². The molecule has 5 heteroatoms. The zero-order valence-corrected chi connectivity index (χ0v) is 13.2. The second-order valence-corrected chi connectivity index (χ2v) is 6.33. The maximum Gasteiger partial charge on any atom is 0.127 e. The summed E-state index contributed by atoms with van der Waals surface area (Å²) in [5.74, 6) is 1.03. The van der Waals surface area contributed by atoms with Crippen molar-refractivity contribution < 1.29 is 9.47 Å². The summed E-state index contributed by atoms with van der Waals surface area (Å²) >= 11 is 6.24. The van der Waals surface area contributed by atoms with Crippen LogP contribution >= 0.6 is 11.6 Å². The highest BCUT2D eigenvalue weighted by Gasteiger charge is 2.29. The van der Waals surface area contributed by atoms with Gasteiger partial charge in [0.15, 0.2) is 0 Å². The topological polar surface area (TPSA) is 47.7 Å². The lowest BCUT2D eigenvalue weighted by atomic mass is 9.98. The van der Waals surface area contributed by atoms with E-state index in [-0.39, 0.29) is 0 Å². The van der Waals surface area contributed by atoms with Crippen molar-refractivity contribution in [3.05, 3.63) is 28.3 Å². The summed E-state index contributed by atoms with van der Waals surface area (Å²) in [5, 5.41) is 0.797. The number of fused-ring (bicyclic) bond motifs is 1. The number of methoxy groups -OCH3 is 1. The molecule has 2 heterocycles. The minimum Gasteiger partial charge on any atom is -0.493 e. The Balaban J connectivity index is 1.77. The number of piperidine rings is 1. The molecule has 2 aliphatic rings. The van der Waals surface area contributed by atoms with Crippen LogP contribution in [-0.4, -0.2) is 43.9 Å². The molecule has 116 valence electrons. The van der Waals surface area contributed by atoms with Crippen molar-refractivity contribution in [1.29, 1.82) is 0 Å². The average molecular weight is 311 g/mol. The van der Waals surface area contributed by atoms with Gasteiger partial charge in [0.2, 0.25) is 0 Å². The number of likely N-dealkylation sites (tertiary alicyclic amines) is 1. The zero-order chi connectivity index (χ0) is 14.8. The van der Waals surface area contributed by atoms with Gasteiger partial charge in [-0.3, -0.25) is 4.90 Å². The smallest absolute Gasteiger partial charge is 0.127 e. The molecule has 2 N–H and O–H groups in total. The van der Waals surface area contributed by atoms with E-state index in [9.17, 15) is 0 Å². The first-order chi connectivity index (χ1) is 10.2. The van der Waals surface area contributed by atoms with E-state index in [1.807, 2.05) is 12.1 Å². The number of ether oxygens (including phenoxy) is 2. The molecule has 4 nitrogen and oxygen atoms in total. The molecule has 1 aromatic carbocycles. The Morgan fingerprint density at radius 3 is 3.10 bits per heavy atom. The van der Waals surface area contributed by atoms with Crippen LogP contribution in [0.2, 0.25) is 5.02 Å². The molecule has 2 aliphatic heterocycles. The Morgan fingerprint density at radius 2 is 2.33 bits per heavy atom. The Hall–Kier alpha value is -0.810. The van der Waals surface area contributed by atoms with Gasteiger partial charge in [-0.25, -0.2) is 0 Å². The molecular formula is C16H23ClN2O2. The van der Waals surface area contributed by atoms with E-state index in [2.05, 4.69) is 4.90 Å². The van der Waals surface area contributed by atoms with Crippen LogP contribution in [0, 0.1) is 0 Å². The van der Waals surface area contributed by atoms with Crippen LogP contribution in [0.5, 0.6) is 5.75 Å². The molecule has 0 aromatic heterocycles. The molecule has 0 spiro atoms. The fourth-order valence-corrected chi connectivity index (χ4v) is 3.68. The Bertz CT molecular complexity index is 509. The quantitative estimate of drug-likeness (QED) is 0.926. The van der Waals surface area contributed by atoms with Gasteiger partial charge in [0.1, 0.15) is 5.75 Å². The summed E-state index contributed by atoms with van der Waals surface area (Å²) in [6, 6.07) is 4.41. The molecule has 21 heavy (non-hydrogen) atoms. The molecule has 0 radical (unpaired) electrons. The number of hydrogen-bond donors (Lipinski definition) is 1. The van der Waals surface area contributed by atoms with Crippen LogP contribution < -0.4 is 10.5 Å². The van der Waals surface area contributed by atoms with E-state index < -0.39 is 0 Å². The first kappa shape index (κ1) is 15.1. The normalized spacial score (nSPS) is 25.7. The van der Waals surface area contributed by atoms with Gasteiger partial charge >= 0.3 is 0 Å². The lowest BCUT2D eigenvalue weighted by molar-refractivity contribution is 0.00999. The van der Waals surface area contributed by atoms with Crippen LogP contribution in [0.1, 0.15) is 24.0 Å². The molecule has 3 rings (SSSR count). The number of benzene rings is 1. The summed E-state index contributed by atoms with van der Waals surface area (Å²) in [6.45, 7) is 3.26. The van der Waals surface area contributed by atoms with Gasteiger partial charge in [-0.15, -0.1) is 0 Å². The van der Waals surface area contributed by atoms with Gasteiger partial charge in [-0.05, 0) is 30.5 Å². The molecule has 0 amide bonds. The van der Waals surface area contributed by atoms with Crippen molar-refractivity contribution >= 4 is 11.6 Å². The number of nitrogens with two attached hydrogens (primary N) is 1. The third-order valence-electron chi connectivity index (χ3n) is 4.59. The lowest BCUT2D eigenvalue weighted by Crippen LogP contribution is -2.48. The Kier molecular flexibility index (Phi) is 4.69. The van der Waals surface area contributed by atoms with Crippen LogP contribution in [0.15, 0.2) is 12.1 Å². The third-order valence-corrected chi connectivity index (χ3v) is 4.81. The zero-order valence-electron chi connectivity index (χ0n) is 12.5. The minimum atomic E-state index is 0.330. The summed E-state index contributed by atoms with van der Waals surface area (Å²) in [6.07, 6.45) is 3.33. The summed E-state index contributed by atoms with van der Waals surface area (Å²) in [5.41, 5.74) is 8.37. The molecule has 1 fully saturated rings. The largest absolute Gasteiger partial charge is 0.493 e. The predicted octanol–water partition coefficient (Wildman–Crippen LogP) is 2.21. The second-order valence-electron chi connectivity index (χ2n) is 5.89. The van der Waals surface area contributed by atoms with Crippen molar-refractivity contribution in [2.75, 3.05) is 26.8 Å². The first-order valence-electron chi connectivity index (χ1n) is 7.62. The van der Waals surface area contributed by atoms with Crippen molar-refractivity contribution in [2.24, 2.45) is 5.73 Å². The average Bonchev–Trinajstić information content (AvgIpc) is 2.96. The van der Waals surface area contributed by atoms with Crippen LogP contribution in [0.25, 0.3) is 0 Å². The van der Waals surface area contributed by atoms with Crippen molar-refractivity contribution in [1.82, 2.24) is 4.90 Å². The highest BCUT2D eigenvalue weighted by molar-refractivity contribution is 6.30. The third kappa shape index (κ3) is 3.19. The predicted molar refractivity (Wildman–Crippen MR) is 83.9 cm³/mol. The highest BCUT2D eigenvalue weighted by Crippen LogP contribution is 2.34.